The topological polar surface area (TPSA) is 87.2 Å². The number of H-pyrrole nitrogens is 1. The fourth-order valence-electron chi connectivity index (χ4n) is 1.85. The lowest BCUT2D eigenvalue weighted by molar-refractivity contribution is 0.0587. The lowest BCUT2D eigenvalue weighted by atomic mass is 10.2. The number of para-hydroxylation sites is 1. The van der Waals surface area contributed by atoms with Crippen LogP contribution in [0.2, 0.25) is 0 Å². The molecule has 1 amide bonds. The third-order valence-corrected chi connectivity index (χ3v) is 2.81. The summed E-state index contributed by atoms with van der Waals surface area (Å²) in [5.74, 6) is -0.248. The molecule has 102 valence electrons. The molecule has 1 atom stereocenters. The normalized spacial score (nSPS) is 12.5. The van der Waals surface area contributed by atoms with Gasteiger partial charge < -0.3 is 15.2 Å². The SMILES string of the molecule is COCC(O)CCNC(=O)c1n[nH]c2ccccc12. The van der Waals surface area contributed by atoms with Crippen molar-refractivity contribution in [2.75, 3.05) is 20.3 Å². The smallest absolute Gasteiger partial charge is 0.272 e. The van der Waals surface area contributed by atoms with E-state index in [2.05, 4.69) is 15.5 Å². The van der Waals surface area contributed by atoms with Crippen molar-refractivity contribution in [1.82, 2.24) is 15.5 Å². The molecule has 0 saturated heterocycles. The van der Waals surface area contributed by atoms with E-state index < -0.39 is 6.10 Å². The molecule has 0 radical (unpaired) electrons. The van der Waals surface area contributed by atoms with Gasteiger partial charge in [-0.05, 0) is 12.5 Å². The maximum Gasteiger partial charge on any atom is 0.272 e. The Morgan fingerprint density at radius 3 is 3.11 bits per heavy atom. The fraction of sp³-hybridized carbons (Fsp3) is 0.385. The molecular weight excluding hydrogens is 246 g/mol. The maximum absolute atomic E-state index is 12.0. The predicted molar refractivity (Wildman–Crippen MR) is 70.9 cm³/mol. The molecule has 0 fully saturated rings. The van der Waals surface area contributed by atoms with Crippen LogP contribution < -0.4 is 5.32 Å². The molecule has 0 saturated carbocycles. The van der Waals surface area contributed by atoms with Gasteiger partial charge in [0, 0.05) is 19.0 Å². The molecule has 0 spiro atoms. The van der Waals surface area contributed by atoms with Crippen LogP contribution >= 0.6 is 0 Å². The molecule has 0 aliphatic rings. The van der Waals surface area contributed by atoms with E-state index in [9.17, 15) is 9.90 Å². The number of nitrogens with one attached hydrogen (secondary N) is 2. The highest BCUT2D eigenvalue weighted by molar-refractivity contribution is 6.04. The van der Waals surface area contributed by atoms with Gasteiger partial charge in [0.25, 0.3) is 5.91 Å². The number of amides is 1. The zero-order valence-corrected chi connectivity index (χ0v) is 10.7. The van der Waals surface area contributed by atoms with Crippen molar-refractivity contribution in [3.8, 4) is 0 Å². The van der Waals surface area contributed by atoms with Crippen molar-refractivity contribution >= 4 is 16.8 Å². The van der Waals surface area contributed by atoms with E-state index in [1.54, 1.807) is 0 Å². The Bertz CT molecular complexity index is 553. The number of ether oxygens (including phenoxy) is 1. The van der Waals surface area contributed by atoms with E-state index in [1.807, 2.05) is 24.3 Å². The number of aromatic nitrogens is 2. The molecule has 0 bridgehead atoms. The largest absolute Gasteiger partial charge is 0.391 e. The van der Waals surface area contributed by atoms with Crippen molar-refractivity contribution in [1.29, 1.82) is 0 Å². The highest BCUT2D eigenvalue weighted by atomic mass is 16.5. The number of hydrogen-bond donors (Lipinski definition) is 3. The average molecular weight is 263 g/mol. The average Bonchev–Trinajstić information content (AvgIpc) is 2.82. The van der Waals surface area contributed by atoms with Crippen LogP contribution in [-0.2, 0) is 4.74 Å². The van der Waals surface area contributed by atoms with Gasteiger partial charge in [0.1, 0.15) is 0 Å². The standard InChI is InChI=1S/C13H17N3O3/c1-19-8-9(17)6-7-14-13(18)12-10-4-2-3-5-11(10)15-16-12/h2-5,9,17H,6-8H2,1H3,(H,14,18)(H,15,16). The number of nitrogens with zero attached hydrogens (tertiary/aromatic N) is 1. The minimum atomic E-state index is -0.568. The molecule has 2 aromatic rings. The molecule has 1 aromatic heterocycles. The number of aliphatic hydroxyl groups is 1. The van der Waals surface area contributed by atoms with Crippen LogP contribution in [0.1, 0.15) is 16.9 Å². The van der Waals surface area contributed by atoms with Gasteiger partial charge in [0.2, 0.25) is 0 Å². The monoisotopic (exact) mass is 263 g/mol. The second kappa shape index (κ2) is 6.31. The van der Waals surface area contributed by atoms with Gasteiger partial charge in [-0.15, -0.1) is 0 Å². The van der Waals surface area contributed by atoms with Gasteiger partial charge in [-0.1, -0.05) is 18.2 Å². The van der Waals surface area contributed by atoms with E-state index in [0.717, 1.165) is 10.9 Å². The fourth-order valence-corrected chi connectivity index (χ4v) is 1.85. The summed E-state index contributed by atoms with van der Waals surface area (Å²) < 4.78 is 4.81. The molecule has 6 heteroatoms. The first-order valence-corrected chi connectivity index (χ1v) is 6.10. The molecule has 1 heterocycles. The highest BCUT2D eigenvalue weighted by Gasteiger charge is 2.13. The molecule has 2 rings (SSSR count). The molecular formula is C13H17N3O3. The van der Waals surface area contributed by atoms with E-state index >= 15 is 0 Å². The number of aromatic amines is 1. The van der Waals surface area contributed by atoms with Gasteiger partial charge in [0.15, 0.2) is 5.69 Å². The van der Waals surface area contributed by atoms with E-state index in [0.29, 0.717) is 18.7 Å². The molecule has 1 aromatic carbocycles. The number of carbonyl (C=O) groups excluding carboxylic acids is 1. The number of carbonyl (C=O) groups is 1. The summed E-state index contributed by atoms with van der Waals surface area (Å²) in [4.78, 5) is 12.0. The van der Waals surface area contributed by atoms with Gasteiger partial charge >= 0.3 is 0 Å². The Morgan fingerprint density at radius 1 is 1.53 bits per heavy atom. The Balaban J connectivity index is 1.93. The number of aliphatic hydroxyl groups excluding tert-OH is 1. The first-order chi connectivity index (χ1) is 9.22. The van der Waals surface area contributed by atoms with Crippen molar-refractivity contribution in [2.45, 2.75) is 12.5 Å². The van der Waals surface area contributed by atoms with Gasteiger partial charge in [-0.3, -0.25) is 9.89 Å². The quantitative estimate of drug-likeness (QED) is 0.715. The predicted octanol–water partition coefficient (Wildman–Crippen LogP) is 0.690. The summed E-state index contributed by atoms with van der Waals surface area (Å²) in [6.07, 6.45) is -0.122. The zero-order valence-electron chi connectivity index (χ0n) is 10.7. The first kappa shape index (κ1) is 13.5. The van der Waals surface area contributed by atoms with Crippen molar-refractivity contribution in [3.05, 3.63) is 30.0 Å². The summed E-state index contributed by atoms with van der Waals surface area (Å²) >= 11 is 0. The lowest BCUT2D eigenvalue weighted by Crippen LogP contribution is -2.28. The lowest BCUT2D eigenvalue weighted by Gasteiger charge is -2.09. The van der Waals surface area contributed by atoms with Crippen molar-refractivity contribution in [2.24, 2.45) is 0 Å². The van der Waals surface area contributed by atoms with Crippen molar-refractivity contribution < 1.29 is 14.6 Å². The van der Waals surface area contributed by atoms with Crippen LogP contribution in [0.5, 0.6) is 0 Å². The summed E-state index contributed by atoms with van der Waals surface area (Å²) in [6, 6.07) is 7.44. The van der Waals surface area contributed by atoms with Gasteiger partial charge in [-0.25, -0.2) is 0 Å². The second-order valence-corrected chi connectivity index (χ2v) is 4.27. The zero-order chi connectivity index (χ0) is 13.7. The van der Waals surface area contributed by atoms with E-state index in [1.165, 1.54) is 7.11 Å². The first-order valence-electron chi connectivity index (χ1n) is 6.10. The minimum Gasteiger partial charge on any atom is -0.391 e. The third-order valence-electron chi connectivity index (χ3n) is 2.81. The summed E-state index contributed by atoms with van der Waals surface area (Å²) in [5, 5.41) is 19.8. The number of rotatable bonds is 6. The molecule has 3 N–H and O–H groups in total. The van der Waals surface area contributed by atoms with E-state index in [-0.39, 0.29) is 12.5 Å². The Kier molecular flexibility index (Phi) is 4.48. The van der Waals surface area contributed by atoms with Crippen LogP contribution in [0, 0.1) is 0 Å². The van der Waals surface area contributed by atoms with Gasteiger partial charge in [-0.2, -0.15) is 5.10 Å². The minimum absolute atomic E-state index is 0.248. The second-order valence-electron chi connectivity index (χ2n) is 4.27. The molecule has 6 nitrogen and oxygen atoms in total. The van der Waals surface area contributed by atoms with E-state index in [4.69, 9.17) is 4.74 Å². The molecule has 0 aliphatic heterocycles. The number of benzene rings is 1. The van der Waals surface area contributed by atoms with Crippen molar-refractivity contribution in [3.63, 3.8) is 0 Å². The molecule has 19 heavy (non-hydrogen) atoms. The van der Waals surface area contributed by atoms with Gasteiger partial charge in [0.05, 0.1) is 18.2 Å². The number of fused-ring (bicyclic) bond motifs is 1. The van der Waals surface area contributed by atoms with Crippen LogP contribution in [0.4, 0.5) is 0 Å². The summed E-state index contributed by atoms with van der Waals surface area (Å²) in [7, 11) is 1.53. The van der Waals surface area contributed by atoms with Crippen LogP contribution in [0.15, 0.2) is 24.3 Å². The maximum atomic E-state index is 12.0. The van der Waals surface area contributed by atoms with Crippen LogP contribution in [0.3, 0.4) is 0 Å². The Morgan fingerprint density at radius 2 is 2.32 bits per heavy atom. The molecule has 0 aliphatic carbocycles. The highest BCUT2D eigenvalue weighted by Crippen LogP contribution is 2.14. The Hall–Kier alpha value is -1.92. The van der Waals surface area contributed by atoms with Crippen LogP contribution in [-0.4, -0.2) is 47.6 Å². The number of methoxy groups -OCH3 is 1. The summed E-state index contributed by atoms with van der Waals surface area (Å²) in [6.45, 7) is 0.645. The summed E-state index contributed by atoms with van der Waals surface area (Å²) in [5.41, 5.74) is 1.20. The Labute approximate surface area is 110 Å². The third kappa shape index (κ3) is 3.30. The van der Waals surface area contributed by atoms with Crippen LogP contribution in [0.25, 0.3) is 10.9 Å². The molecule has 1 unspecified atom stereocenters. The number of hydrogen-bond acceptors (Lipinski definition) is 4.